The number of nitrogens with zero attached hydrogens (tertiary/aromatic N) is 1. The van der Waals surface area contributed by atoms with Crippen molar-refractivity contribution in [2.45, 2.75) is 49.5 Å². The van der Waals surface area contributed by atoms with Crippen LogP contribution in [0.4, 0.5) is 5.69 Å². The van der Waals surface area contributed by atoms with E-state index in [-0.39, 0.29) is 10.9 Å². The second-order valence-corrected chi connectivity index (χ2v) is 10.9. The lowest BCUT2D eigenvalue weighted by molar-refractivity contribution is 0.349. The van der Waals surface area contributed by atoms with Crippen LogP contribution >= 0.6 is 0 Å². The van der Waals surface area contributed by atoms with Gasteiger partial charge in [0.2, 0.25) is 0 Å². The molecule has 3 aromatic carbocycles. The minimum atomic E-state index is -3.66. The zero-order valence-corrected chi connectivity index (χ0v) is 21.1. The molecule has 2 atom stereocenters. The number of aryl methyl sites for hydroxylation is 1. The van der Waals surface area contributed by atoms with Gasteiger partial charge < -0.3 is 9.47 Å². The van der Waals surface area contributed by atoms with E-state index in [2.05, 4.69) is 10.8 Å². The van der Waals surface area contributed by atoms with Crippen LogP contribution in [0.5, 0.6) is 11.5 Å². The Balaban J connectivity index is 1.49. The molecule has 1 aliphatic heterocycles. The maximum absolute atomic E-state index is 12.8. The van der Waals surface area contributed by atoms with Gasteiger partial charge in [0.15, 0.2) is 11.5 Å². The Labute approximate surface area is 207 Å². The van der Waals surface area contributed by atoms with E-state index in [0.29, 0.717) is 17.4 Å². The summed E-state index contributed by atoms with van der Waals surface area (Å²) in [5, 5.41) is 0. The van der Waals surface area contributed by atoms with Gasteiger partial charge in [0.1, 0.15) is 0 Å². The molecule has 1 N–H and O–H groups in total. The van der Waals surface area contributed by atoms with E-state index in [0.717, 1.165) is 41.0 Å². The first-order valence-electron chi connectivity index (χ1n) is 11.9. The van der Waals surface area contributed by atoms with Gasteiger partial charge in [-0.1, -0.05) is 42.7 Å². The molecular weight excluding hydrogens is 460 g/mol. The molecule has 0 radical (unpaired) electrons. The van der Waals surface area contributed by atoms with E-state index in [1.165, 1.54) is 18.4 Å². The summed E-state index contributed by atoms with van der Waals surface area (Å²) in [5.74, 6) is 1.79. The van der Waals surface area contributed by atoms with Crippen molar-refractivity contribution < 1.29 is 17.9 Å². The van der Waals surface area contributed by atoms with Crippen LogP contribution in [-0.2, 0) is 10.0 Å². The summed E-state index contributed by atoms with van der Waals surface area (Å²) in [6.07, 6.45) is 4.57. The Morgan fingerprint density at radius 3 is 2.23 bits per heavy atom. The van der Waals surface area contributed by atoms with Crippen LogP contribution in [0.25, 0.3) is 0 Å². The highest BCUT2D eigenvalue weighted by Crippen LogP contribution is 2.44. The number of nitrogens with one attached hydrogen (secondary N) is 1. The van der Waals surface area contributed by atoms with Gasteiger partial charge in [0.25, 0.3) is 10.0 Å². The van der Waals surface area contributed by atoms with Gasteiger partial charge in [-0.2, -0.15) is 0 Å². The molecule has 1 fully saturated rings. The van der Waals surface area contributed by atoms with Crippen molar-refractivity contribution in [2.24, 2.45) is 4.99 Å². The van der Waals surface area contributed by atoms with Gasteiger partial charge in [0.05, 0.1) is 30.9 Å². The molecule has 1 aliphatic carbocycles. The van der Waals surface area contributed by atoms with E-state index in [4.69, 9.17) is 14.5 Å². The first kappa shape index (κ1) is 23.4. The summed E-state index contributed by atoms with van der Waals surface area (Å²) in [4.78, 5) is 5.43. The van der Waals surface area contributed by atoms with Crippen LogP contribution in [0.3, 0.4) is 0 Å². The predicted molar refractivity (Wildman–Crippen MR) is 139 cm³/mol. The summed E-state index contributed by atoms with van der Waals surface area (Å²) < 4.78 is 39.4. The van der Waals surface area contributed by atoms with Crippen LogP contribution in [0.1, 0.15) is 53.9 Å². The molecule has 3 aromatic rings. The number of ether oxygens (including phenoxy) is 2. The molecule has 1 heterocycles. The second-order valence-electron chi connectivity index (χ2n) is 9.23. The van der Waals surface area contributed by atoms with E-state index in [1.807, 2.05) is 25.1 Å². The quantitative estimate of drug-likeness (QED) is 0.482. The zero-order valence-electron chi connectivity index (χ0n) is 20.2. The molecule has 1 saturated carbocycles. The number of hydrogen-bond acceptors (Lipinski definition) is 5. The van der Waals surface area contributed by atoms with E-state index >= 15 is 0 Å². The molecule has 5 rings (SSSR count). The van der Waals surface area contributed by atoms with E-state index < -0.39 is 10.0 Å². The van der Waals surface area contributed by atoms with Crippen LogP contribution in [0, 0.1) is 6.92 Å². The van der Waals surface area contributed by atoms with Crippen LogP contribution in [0.2, 0.25) is 0 Å². The van der Waals surface area contributed by atoms with Crippen molar-refractivity contribution >= 4 is 21.4 Å². The Hall–Kier alpha value is -3.32. The number of aliphatic imine (C=N–C) groups is 1. The molecule has 0 saturated heterocycles. The molecular formula is C28H30N2O4S. The van der Waals surface area contributed by atoms with Gasteiger partial charge in [0, 0.05) is 22.7 Å². The average molecular weight is 491 g/mol. The summed E-state index contributed by atoms with van der Waals surface area (Å²) in [5.41, 5.74) is 5.68. The van der Waals surface area contributed by atoms with Crippen molar-refractivity contribution in [3.63, 3.8) is 0 Å². The lowest BCUT2D eigenvalue weighted by Crippen LogP contribution is -2.29. The molecule has 2 aliphatic rings. The molecule has 7 heteroatoms. The fourth-order valence-electron chi connectivity index (χ4n) is 5.13. The SMILES string of the molecule is COc1cc2c(cc1OC)[C@@H]1CCCC[C@H]1N=C2c1ccc(NS(=O)(=O)c2ccc(C)cc2)cc1. The number of sulfonamides is 1. The van der Waals surface area contributed by atoms with Crippen LogP contribution in [0.15, 0.2) is 70.6 Å². The van der Waals surface area contributed by atoms with E-state index in [9.17, 15) is 8.42 Å². The lowest BCUT2D eigenvalue weighted by Gasteiger charge is -2.35. The number of benzene rings is 3. The number of methoxy groups -OCH3 is 2. The maximum Gasteiger partial charge on any atom is 0.261 e. The van der Waals surface area contributed by atoms with Gasteiger partial charge >= 0.3 is 0 Å². The predicted octanol–water partition coefficient (Wildman–Crippen LogP) is 5.69. The Kier molecular flexibility index (Phi) is 6.28. The van der Waals surface area contributed by atoms with Crippen molar-refractivity contribution in [3.05, 3.63) is 82.9 Å². The average Bonchev–Trinajstić information content (AvgIpc) is 2.88. The highest BCUT2D eigenvalue weighted by molar-refractivity contribution is 7.92. The molecule has 35 heavy (non-hydrogen) atoms. The standard InChI is InChI=1S/C28H30N2O4S/c1-18-8-14-21(15-9-18)35(31,32)30-20-12-10-19(11-13-20)28-24-17-27(34-3)26(33-2)16-23(24)22-6-4-5-7-25(22)29-28/h8-17,22,25,30H,4-7H2,1-3H3/t22-,25+/m0/s1. The third kappa shape index (κ3) is 4.52. The fraction of sp³-hybridized carbons (Fsp3) is 0.321. The highest BCUT2D eigenvalue weighted by atomic mass is 32.2. The van der Waals surface area contributed by atoms with E-state index in [1.54, 1.807) is 50.6 Å². The van der Waals surface area contributed by atoms with Gasteiger partial charge in [-0.05, 0) is 61.7 Å². The summed E-state index contributed by atoms with van der Waals surface area (Å²) in [6, 6.07) is 18.6. The number of hydrogen-bond donors (Lipinski definition) is 1. The summed E-state index contributed by atoms with van der Waals surface area (Å²) >= 11 is 0. The lowest BCUT2D eigenvalue weighted by atomic mass is 9.75. The first-order valence-corrected chi connectivity index (χ1v) is 13.4. The largest absolute Gasteiger partial charge is 0.493 e. The zero-order chi connectivity index (χ0) is 24.6. The Morgan fingerprint density at radius 2 is 1.54 bits per heavy atom. The first-order chi connectivity index (χ1) is 16.9. The minimum Gasteiger partial charge on any atom is -0.493 e. The summed E-state index contributed by atoms with van der Waals surface area (Å²) in [6.45, 7) is 1.93. The third-order valence-corrected chi connectivity index (χ3v) is 8.37. The minimum absolute atomic E-state index is 0.238. The van der Waals surface area contributed by atoms with Crippen LogP contribution in [-0.4, -0.2) is 34.4 Å². The van der Waals surface area contributed by atoms with Gasteiger partial charge in [-0.15, -0.1) is 0 Å². The molecule has 0 amide bonds. The monoisotopic (exact) mass is 490 g/mol. The molecule has 182 valence electrons. The number of fused-ring (bicyclic) bond motifs is 3. The molecule has 0 aromatic heterocycles. The number of rotatable bonds is 6. The Bertz CT molecular complexity index is 1360. The second kappa shape index (κ2) is 9.38. The normalized spacial score (nSPS) is 19.2. The smallest absolute Gasteiger partial charge is 0.261 e. The number of anilines is 1. The molecule has 0 unspecified atom stereocenters. The van der Waals surface area contributed by atoms with Crippen molar-refractivity contribution in [1.82, 2.24) is 0 Å². The fourth-order valence-corrected chi connectivity index (χ4v) is 6.19. The summed E-state index contributed by atoms with van der Waals surface area (Å²) in [7, 11) is -0.355. The molecule has 0 spiro atoms. The van der Waals surface area contributed by atoms with Crippen LogP contribution < -0.4 is 14.2 Å². The topological polar surface area (TPSA) is 77.0 Å². The van der Waals surface area contributed by atoms with Crippen molar-refractivity contribution in [1.29, 1.82) is 0 Å². The van der Waals surface area contributed by atoms with Gasteiger partial charge in [-0.25, -0.2) is 8.42 Å². The van der Waals surface area contributed by atoms with Gasteiger partial charge in [-0.3, -0.25) is 9.71 Å². The van der Waals surface area contributed by atoms with Crippen molar-refractivity contribution in [2.75, 3.05) is 18.9 Å². The molecule has 6 nitrogen and oxygen atoms in total. The maximum atomic E-state index is 12.8. The highest BCUT2D eigenvalue weighted by Gasteiger charge is 2.34. The molecule has 0 bridgehead atoms. The van der Waals surface area contributed by atoms with Crippen molar-refractivity contribution in [3.8, 4) is 11.5 Å². The Morgan fingerprint density at radius 1 is 0.886 bits per heavy atom. The third-order valence-electron chi connectivity index (χ3n) is 6.98.